The molecule has 1 saturated heterocycles. The Morgan fingerprint density at radius 1 is 1.75 bits per heavy atom. The molecule has 0 aromatic heterocycles. The first-order valence-corrected chi connectivity index (χ1v) is 3.23. The van der Waals surface area contributed by atoms with Gasteiger partial charge < -0.3 is 5.73 Å². The minimum atomic E-state index is 0.263. The van der Waals surface area contributed by atoms with Crippen LogP contribution < -0.4 is 5.73 Å². The second-order valence-electron chi connectivity index (χ2n) is 2.62. The van der Waals surface area contributed by atoms with Crippen molar-refractivity contribution in [3.05, 3.63) is 0 Å². The van der Waals surface area contributed by atoms with E-state index in [0.717, 1.165) is 6.04 Å². The molecular formula is C6H14N2. The van der Waals surface area contributed by atoms with Gasteiger partial charge in [-0.3, -0.25) is 4.90 Å². The Morgan fingerprint density at radius 2 is 2.38 bits per heavy atom. The highest BCUT2D eigenvalue weighted by Gasteiger charge is 2.25. The average molecular weight is 114 g/mol. The van der Waals surface area contributed by atoms with Crippen molar-refractivity contribution in [3.63, 3.8) is 0 Å². The Kier molecular flexibility index (Phi) is 1.54. The van der Waals surface area contributed by atoms with Crippen LogP contribution in [0.25, 0.3) is 0 Å². The first-order valence-electron chi connectivity index (χ1n) is 3.23. The second kappa shape index (κ2) is 2.03. The lowest BCUT2D eigenvalue weighted by molar-refractivity contribution is 0.0638. The minimum absolute atomic E-state index is 0.263. The van der Waals surface area contributed by atoms with E-state index in [-0.39, 0.29) is 6.17 Å². The smallest absolute Gasteiger partial charge is 0.0545 e. The number of hydrogen-bond donors (Lipinski definition) is 1. The fourth-order valence-corrected chi connectivity index (χ4v) is 1.14. The van der Waals surface area contributed by atoms with Crippen LogP contribution in [0.2, 0.25) is 0 Å². The van der Waals surface area contributed by atoms with E-state index in [1.807, 2.05) is 6.92 Å². The summed E-state index contributed by atoms with van der Waals surface area (Å²) in [6, 6.07) is 0.731. The van der Waals surface area contributed by atoms with Crippen LogP contribution in [0.5, 0.6) is 0 Å². The van der Waals surface area contributed by atoms with Gasteiger partial charge in [0.15, 0.2) is 0 Å². The van der Waals surface area contributed by atoms with Crippen LogP contribution in [0.3, 0.4) is 0 Å². The maximum absolute atomic E-state index is 5.61. The van der Waals surface area contributed by atoms with Crippen molar-refractivity contribution < 1.29 is 0 Å². The predicted molar refractivity (Wildman–Crippen MR) is 34.4 cm³/mol. The third-order valence-electron chi connectivity index (χ3n) is 1.89. The Balaban J connectivity index is 2.26. The van der Waals surface area contributed by atoms with Crippen molar-refractivity contribution in [2.24, 2.45) is 5.73 Å². The van der Waals surface area contributed by atoms with Gasteiger partial charge in [-0.2, -0.15) is 0 Å². The summed E-state index contributed by atoms with van der Waals surface area (Å²) in [5.41, 5.74) is 5.61. The van der Waals surface area contributed by atoms with E-state index < -0.39 is 0 Å². The number of rotatable bonds is 1. The van der Waals surface area contributed by atoms with E-state index in [9.17, 15) is 0 Å². The van der Waals surface area contributed by atoms with Gasteiger partial charge in [-0.05, 0) is 20.3 Å². The van der Waals surface area contributed by atoms with Gasteiger partial charge in [-0.1, -0.05) is 0 Å². The first-order chi connectivity index (χ1) is 3.72. The van der Waals surface area contributed by atoms with Crippen LogP contribution in [-0.4, -0.2) is 23.7 Å². The highest BCUT2D eigenvalue weighted by molar-refractivity contribution is 4.80. The van der Waals surface area contributed by atoms with E-state index in [1.165, 1.54) is 13.0 Å². The molecule has 0 aromatic rings. The second-order valence-corrected chi connectivity index (χ2v) is 2.62. The molecule has 1 rings (SSSR count). The standard InChI is InChI=1S/C6H14N2/c1-5-3-4-8(5)6(2)7/h5-6H,3-4,7H2,1-2H3. The summed E-state index contributed by atoms with van der Waals surface area (Å²) in [6.45, 7) is 5.45. The molecule has 0 aliphatic carbocycles. The van der Waals surface area contributed by atoms with Crippen LogP contribution in [0, 0.1) is 0 Å². The Labute approximate surface area is 50.7 Å². The zero-order valence-corrected chi connectivity index (χ0v) is 5.59. The third kappa shape index (κ3) is 0.858. The van der Waals surface area contributed by atoms with Crippen LogP contribution in [-0.2, 0) is 0 Å². The van der Waals surface area contributed by atoms with Gasteiger partial charge >= 0.3 is 0 Å². The SMILES string of the molecule is CC(N)N1CCC1C. The predicted octanol–water partition coefficient (Wildman–Crippen LogP) is 0.385. The van der Waals surface area contributed by atoms with Gasteiger partial charge in [0.2, 0.25) is 0 Å². The number of nitrogens with zero attached hydrogens (tertiary/aromatic N) is 1. The largest absolute Gasteiger partial charge is 0.316 e. The lowest BCUT2D eigenvalue weighted by Crippen LogP contribution is -2.53. The molecule has 0 bridgehead atoms. The fourth-order valence-electron chi connectivity index (χ4n) is 1.14. The van der Waals surface area contributed by atoms with Crippen LogP contribution in [0.15, 0.2) is 0 Å². The average Bonchev–Trinajstić information content (AvgIpc) is 1.61. The molecule has 0 amide bonds. The van der Waals surface area contributed by atoms with E-state index in [4.69, 9.17) is 5.73 Å². The summed E-state index contributed by atoms with van der Waals surface area (Å²) in [4.78, 5) is 2.29. The van der Waals surface area contributed by atoms with Crippen LogP contribution >= 0.6 is 0 Å². The van der Waals surface area contributed by atoms with Crippen molar-refractivity contribution >= 4 is 0 Å². The van der Waals surface area contributed by atoms with Gasteiger partial charge in [0.25, 0.3) is 0 Å². The molecule has 2 heteroatoms. The molecule has 1 heterocycles. The summed E-state index contributed by atoms with van der Waals surface area (Å²) in [5.74, 6) is 0. The van der Waals surface area contributed by atoms with Crippen molar-refractivity contribution in [3.8, 4) is 0 Å². The van der Waals surface area contributed by atoms with Gasteiger partial charge in [0.1, 0.15) is 0 Å². The summed E-state index contributed by atoms with van der Waals surface area (Å²) >= 11 is 0. The molecule has 0 spiro atoms. The zero-order chi connectivity index (χ0) is 6.15. The quantitative estimate of drug-likeness (QED) is 0.534. The minimum Gasteiger partial charge on any atom is -0.316 e. The number of likely N-dealkylation sites (tertiary alicyclic amines) is 1. The summed E-state index contributed by atoms with van der Waals surface area (Å²) in [5, 5.41) is 0. The van der Waals surface area contributed by atoms with E-state index >= 15 is 0 Å². The first kappa shape index (κ1) is 6.05. The molecule has 1 aliphatic rings. The molecule has 0 radical (unpaired) electrons. The van der Waals surface area contributed by atoms with Crippen molar-refractivity contribution in [2.45, 2.75) is 32.5 Å². The zero-order valence-electron chi connectivity index (χ0n) is 5.59. The Hall–Kier alpha value is -0.0800. The summed E-state index contributed by atoms with van der Waals surface area (Å²) in [7, 11) is 0. The molecule has 1 fully saturated rings. The summed E-state index contributed by atoms with van der Waals surface area (Å²) in [6.07, 6.45) is 1.58. The topological polar surface area (TPSA) is 29.3 Å². The molecule has 0 saturated carbocycles. The van der Waals surface area contributed by atoms with Crippen molar-refractivity contribution in [1.82, 2.24) is 4.90 Å². The molecular weight excluding hydrogens is 100 g/mol. The van der Waals surface area contributed by atoms with Gasteiger partial charge in [0, 0.05) is 12.6 Å². The molecule has 2 unspecified atom stereocenters. The van der Waals surface area contributed by atoms with E-state index in [0.29, 0.717) is 0 Å². The van der Waals surface area contributed by atoms with Crippen molar-refractivity contribution in [2.75, 3.05) is 6.54 Å². The van der Waals surface area contributed by atoms with E-state index in [2.05, 4.69) is 11.8 Å². The molecule has 2 N–H and O–H groups in total. The molecule has 2 atom stereocenters. The number of hydrogen-bond acceptors (Lipinski definition) is 2. The molecule has 8 heavy (non-hydrogen) atoms. The molecule has 2 nitrogen and oxygen atoms in total. The highest BCUT2D eigenvalue weighted by atomic mass is 15.3. The van der Waals surface area contributed by atoms with Gasteiger partial charge in [-0.25, -0.2) is 0 Å². The molecule has 48 valence electrons. The van der Waals surface area contributed by atoms with Gasteiger partial charge in [-0.15, -0.1) is 0 Å². The maximum Gasteiger partial charge on any atom is 0.0545 e. The van der Waals surface area contributed by atoms with Crippen LogP contribution in [0.4, 0.5) is 0 Å². The molecule has 1 aliphatic heterocycles. The Bertz CT molecular complexity index is 75.8. The van der Waals surface area contributed by atoms with Crippen LogP contribution in [0.1, 0.15) is 20.3 Å². The summed E-state index contributed by atoms with van der Waals surface area (Å²) < 4.78 is 0. The maximum atomic E-state index is 5.61. The fraction of sp³-hybridized carbons (Fsp3) is 1.00. The normalized spacial score (nSPS) is 34.1. The lowest BCUT2D eigenvalue weighted by Gasteiger charge is -2.41. The lowest BCUT2D eigenvalue weighted by atomic mass is 10.1. The number of nitrogens with two attached hydrogens (primary N) is 1. The molecule has 0 aromatic carbocycles. The third-order valence-corrected chi connectivity index (χ3v) is 1.89. The Morgan fingerprint density at radius 3 is 2.38 bits per heavy atom. The van der Waals surface area contributed by atoms with Crippen molar-refractivity contribution in [1.29, 1.82) is 0 Å². The highest BCUT2D eigenvalue weighted by Crippen LogP contribution is 2.16. The van der Waals surface area contributed by atoms with Gasteiger partial charge in [0.05, 0.1) is 6.17 Å². The van der Waals surface area contributed by atoms with E-state index in [1.54, 1.807) is 0 Å². The monoisotopic (exact) mass is 114 g/mol.